The molecule has 1 aliphatic carbocycles. The van der Waals surface area contributed by atoms with Gasteiger partial charge < -0.3 is 10.2 Å². The molecule has 1 N–H and O–H groups in total. The molecule has 0 aliphatic heterocycles. The summed E-state index contributed by atoms with van der Waals surface area (Å²) in [5, 5.41) is 3.20. The number of carbonyl (C=O) groups excluding carboxylic acids is 2. The summed E-state index contributed by atoms with van der Waals surface area (Å²) in [5.41, 5.74) is 3.43. The molecule has 31 heavy (non-hydrogen) atoms. The largest absolute Gasteiger partial charge is 0.352 e. The van der Waals surface area contributed by atoms with E-state index in [0.29, 0.717) is 18.7 Å². The first-order valence-electron chi connectivity index (χ1n) is 11.3. The third-order valence-electron chi connectivity index (χ3n) is 5.94. The van der Waals surface area contributed by atoms with Crippen molar-refractivity contribution in [1.82, 2.24) is 10.2 Å². The van der Waals surface area contributed by atoms with E-state index in [-0.39, 0.29) is 17.9 Å². The molecule has 1 saturated carbocycles. The van der Waals surface area contributed by atoms with Crippen LogP contribution in [0.4, 0.5) is 0 Å². The number of hydrogen-bond acceptors (Lipinski definition) is 3. The van der Waals surface area contributed by atoms with Crippen LogP contribution in [-0.2, 0) is 16.1 Å². The third kappa shape index (κ3) is 6.86. The van der Waals surface area contributed by atoms with Gasteiger partial charge in [0.1, 0.15) is 6.04 Å². The van der Waals surface area contributed by atoms with Gasteiger partial charge in [-0.3, -0.25) is 9.59 Å². The van der Waals surface area contributed by atoms with Gasteiger partial charge in [0, 0.05) is 17.5 Å². The van der Waals surface area contributed by atoms with E-state index in [1.807, 2.05) is 31.2 Å². The smallest absolute Gasteiger partial charge is 0.243 e. The van der Waals surface area contributed by atoms with Gasteiger partial charge in [-0.2, -0.15) is 0 Å². The lowest BCUT2D eigenvalue weighted by atomic mass is 10.1. The minimum Gasteiger partial charge on any atom is -0.352 e. The summed E-state index contributed by atoms with van der Waals surface area (Å²) in [6.45, 7) is 6.54. The van der Waals surface area contributed by atoms with Gasteiger partial charge in [0.15, 0.2) is 0 Å². The lowest BCUT2D eigenvalue weighted by Gasteiger charge is -2.31. The van der Waals surface area contributed by atoms with E-state index in [2.05, 4.69) is 43.4 Å². The number of carbonyl (C=O) groups is 2. The Morgan fingerprint density at radius 2 is 1.58 bits per heavy atom. The molecule has 0 radical (unpaired) electrons. The van der Waals surface area contributed by atoms with Crippen molar-refractivity contribution in [3.63, 3.8) is 0 Å². The Labute approximate surface area is 190 Å². The summed E-state index contributed by atoms with van der Waals surface area (Å²) in [6, 6.07) is 16.2. The number of nitrogens with zero attached hydrogens (tertiary/aromatic N) is 1. The van der Waals surface area contributed by atoms with Crippen molar-refractivity contribution in [2.45, 2.75) is 76.4 Å². The minimum absolute atomic E-state index is 0.000396. The molecule has 2 amide bonds. The average molecular weight is 439 g/mol. The fourth-order valence-corrected chi connectivity index (χ4v) is 4.82. The van der Waals surface area contributed by atoms with Crippen LogP contribution in [0.5, 0.6) is 0 Å². The first-order valence-corrected chi connectivity index (χ1v) is 12.3. The van der Waals surface area contributed by atoms with Gasteiger partial charge in [-0.25, -0.2) is 0 Å². The number of benzene rings is 2. The second kappa shape index (κ2) is 11.4. The van der Waals surface area contributed by atoms with Crippen LogP contribution in [-0.4, -0.2) is 34.6 Å². The molecule has 0 heterocycles. The standard InChI is InChI=1S/C26H34N2O2S/c1-4-24(26(30)27-22-7-5-6-8-22)28(17-21-13-9-19(2)10-14-21)25(29)18-31-23-15-11-20(3)12-16-23/h9-16,22,24H,4-8,17-18H2,1-3H3,(H,27,30)/t24-/m1/s1. The first kappa shape index (κ1) is 23.4. The van der Waals surface area contributed by atoms with Gasteiger partial charge in [-0.15, -0.1) is 11.8 Å². The van der Waals surface area contributed by atoms with Gasteiger partial charge in [0.25, 0.3) is 0 Å². The molecule has 4 nitrogen and oxygen atoms in total. The van der Waals surface area contributed by atoms with Gasteiger partial charge in [-0.05, 0) is 50.8 Å². The number of hydrogen-bond donors (Lipinski definition) is 1. The Morgan fingerprint density at radius 1 is 1.00 bits per heavy atom. The van der Waals surface area contributed by atoms with Crippen LogP contribution >= 0.6 is 11.8 Å². The normalized spacial score (nSPS) is 14.9. The van der Waals surface area contributed by atoms with Crippen LogP contribution in [0.1, 0.15) is 55.7 Å². The third-order valence-corrected chi connectivity index (χ3v) is 6.94. The van der Waals surface area contributed by atoms with Gasteiger partial charge in [0.2, 0.25) is 11.8 Å². The van der Waals surface area contributed by atoms with E-state index >= 15 is 0 Å². The van der Waals surface area contributed by atoms with E-state index in [1.165, 1.54) is 35.7 Å². The molecule has 0 bridgehead atoms. The summed E-state index contributed by atoms with van der Waals surface area (Å²) in [5.74, 6) is 0.303. The fraction of sp³-hybridized carbons (Fsp3) is 0.462. The van der Waals surface area contributed by atoms with E-state index in [9.17, 15) is 9.59 Å². The van der Waals surface area contributed by atoms with Crippen molar-refractivity contribution in [1.29, 1.82) is 0 Å². The van der Waals surface area contributed by atoms with E-state index in [0.717, 1.165) is 23.3 Å². The average Bonchev–Trinajstić information content (AvgIpc) is 3.27. The molecule has 166 valence electrons. The quantitative estimate of drug-likeness (QED) is 0.543. The highest BCUT2D eigenvalue weighted by Crippen LogP contribution is 2.22. The van der Waals surface area contributed by atoms with Crippen LogP contribution in [0.25, 0.3) is 0 Å². The summed E-state index contributed by atoms with van der Waals surface area (Å²) >= 11 is 1.53. The summed E-state index contributed by atoms with van der Waals surface area (Å²) in [4.78, 5) is 29.3. The molecule has 1 fully saturated rings. The van der Waals surface area contributed by atoms with Crippen molar-refractivity contribution >= 4 is 23.6 Å². The van der Waals surface area contributed by atoms with Gasteiger partial charge in [-0.1, -0.05) is 67.3 Å². The zero-order valence-corrected chi connectivity index (χ0v) is 19.7. The second-order valence-electron chi connectivity index (χ2n) is 8.52. The summed E-state index contributed by atoms with van der Waals surface area (Å²) < 4.78 is 0. The number of thioether (sulfide) groups is 1. The topological polar surface area (TPSA) is 49.4 Å². The molecule has 1 aliphatic rings. The molecule has 3 rings (SSSR count). The summed E-state index contributed by atoms with van der Waals surface area (Å²) in [7, 11) is 0. The van der Waals surface area contributed by atoms with E-state index < -0.39 is 6.04 Å². The number of aryl methyl sites for hydroxylation is 2. The Kier molecular flexibility index (Phi) is 8.59. The number of nitrogens with one attached hydrogen (secondary N) is 1. The molecular formula is C26H34N2O2S. The highest BCUT2D eigenvalue weighted by Gasteiger charge is 2.30. The maximum atomic E-state index is 13.3. The Hall–Kier alpha value is -2.27. The second-order valence-corrected chi connectivity index (χ2v) is 9.57. The van der Waals surface area contributed by atoms with Crippen LogP contribution in [0.2, 0.25) is 0 Å². The van der Waals surface area contributed by atoms with Crippen molar-refractivity contribution in [2.24, 2.45) is 0 Å². The van der Waals surface area contributed by atoms with Crippen LogP contribution in [0.15, 0.2) is 53.4 Å². The van der Waals surface area contributed by atoms with Crippen molar-refractivity contribution in [3.05, 3.63) is 65.2 Å². The zero-order valence-electron chi connectivity index (χ0n) is 18.9. The zero-order chi connectivity index (χ0) is 22.2. The predicted octanol–water partition coefficient (Wildman–Crippen LogP) is 5.26. The molecule has 0 saturated heterocycles. The fourth-order valence-electron chi connectivity index (χ4n) is 4.04. The minimum atomic E-state index is -0.451. The van der Waals surface area contributed by atoms with Gasteiger partial charge in [0.05, 0.1) is 5.75 Å². The Bertz CT molecular complexity index is 858. The van der Waals surface area contributed by atoms with Crippen molar-refractivity contribution in [2.75, 3.05) is 5.75 Å². The predicted molar refractivity (Wildman–Crippen MR) is 128 cm³/mol. The molecule has 0 spiro atoms. The highest BCUT2D eigenvalue weighted by atomic mass is 32.2. The van der Waals surface area contributed by atoms with Crippen molar-refractivity contribution in [3.8, 4) is 0 Å². The molecular weight excluding hydrogens is 404 g/mol. The molecule has 2 aromatic rings. The number of amides is 2. The van der Waals surface area contributed by atoms with Crippen LogP contribution in [0.3, 0.4) is 0 Å². The maximum absolute atomic E-state index is 13.3. The van der Waals surface area contributed by atoms with E-state index in [1.54, 1.807) is 4.90 Å². The van der Waals surface area contributed by atoms with E-state index in [4.69, 9.17) is 0 Å². The summed E-state index contributed by atoms with van der Waals surface area (Å²) in [6.07, 6.45) is 5.02. The lowest BCUT2D eigenvalue weighted by Crippen LogP contribution is -2.51. The van der Waals surface area contributed by atoms with Crippen LogP contribution in [0, 0.1) is 13.8 Å². The van der Waals surface area contributed by atoms with Gasteiger partial charge >= 0.3 is 0 Å². The Morgan fingerprint density at radius 3 is 2.16 bits per heavy atom. The lowest BCUT2D eigenvalue weighted by molar-refractivity contribution is -0.139. The molecule has 0 aromatic heterocycles. The Balaban J connectivity index is 1.74. The van der Waals surface area contributed by atoms with Crippen LogP contribution < -0.4 is 5.32 Å². The molecule has 2 aromatic carbocycles. The van der Waals surface area contributed by atoms with Crippen molar-refractivity contribution < 1.29 is 9.59 Å². The molecule has 0 unspecified atom stereocenters. The highest BCUT2D eigenvalue weighted by molar-refractivity contribution is 8.00. The number of rotatable bonds is 9. The molecule has 5 heteroatoms. The SMILES string of the molecule is CC[C@H](C(=O)NC1CCCC1)N(Cc1ccc(C)cc1)C(=O)CSc1ccc(C)cc1. The first-order chi connectivity index (χ1) is 15.0. The molecule has 1 atom stereocenters. The monoisotopic (exact) mass is 438 g/mol. The maximum Gasteiger partial charge on any atom is 0.243 e.